The van der Waals surface area contributed by atoms with Crippen molar-refractivity contribution in [3.63, 3.8) is 0 Å². The summed E-state index contributed by atoms with van der Waals surface area (Å²) in [5.74, 6) is 0. The summed E-state index contributed by atoms with van der Waals surface area (Å²) in [6.45, 7) is 4.10. The first-order valence-corrected chi connectivity index (χ1v) is 14.4. The number of benzene rings is 1. The van der Waals surface area contributed by atoms with E-state index in [1.54, 1.807) is 23.5 Å². The number of aromatic nitrogens is 1. The molecule has 0 spiro atoms. The molecule has 3 rings (SSSR count). The van der Waals surface area contributed by atoms with E-state index in [2.05, 4.69) is 16.9 Å². The fraction of sp³-hybridized carbons (Fsp3) is 0.357. The minimum atomic E-state index is -4.02. The Labute approximate surface area is 487 Å². The Hall–Kier alpha value is -6.74. The van der Waals surface area contributed by atoms with Gasteiger partial charge in [-0.3, -0.25) is 4.55 Å². The van der Waals surface area contributed by atoms with Crippen LogP contribution in [-0.4, -0.2) is 36.4 Å². The van der Waals surface area contributed by atoms with E-state index in [0.29, 0.717) is 0 Å². The van der Waals surface area contributed by atoms with Crippen molar-refractivity contribution in [3.05, 3.63) is 45.9 Å². The van der Waals surface area contributed by atoms with Gasteiger partial charge in [0.15, 0.2) is 0 Å². The topological polar surface area (TPSA) is 70.5 Å². The molecule has 0 unspecified atom stereocenters. The van der Waals surface area contributed by atoms with E-state index in [1.807, 2.05) is 12.4 Å². The monoisotopic (exact) mass is 1810 g/mol. The number of halogens is 78. The largest absolute Gasteiger partial charge is 0.301 e. The second-order valence-electron chi connectivity index (χ2n) is 5.00. The zero-order chi connectivity index (χ0) is 93.5. The maximum Gasteiger partial charge on any atom is 0.294 e. The quantitative estimate of drug-likeness (QED) is 0.228. The summed E-state index contributed by atoms with van der Waals surface area (Å²) in [7, 11) is -1.86. The van der Waals surface area contributed by atoms with Gasteiger partial charge in [0.05, 0.1) is 16.1 Å². The van der Waals surface area contributed by atoms with Crippen LogP contribution >= 0.6 is 11.3 Å². The lowest BCUT2D eigenvalue weighted by atomic mass is 10.2. The highest BCUT2D eigenvalue weighted by molar-refractivity contribution is 7.85. The van der Waals surface area contributed by atoms with E-state index in [9.17, 15) is 8.42 Å². The van der Waals surface area contributed by atoms with Crippen LogP contribution in [-0.2, 0) is 23.1 Å². The fourth-order valence-electron chi connectivity index (χ4n) is 1.96. The molecule has 0 bridgehead atoms. The molecule has 0 aliphatic carbocycles. The third-order valence-corrected chi connectivity index (χ3v) is 4.92. The number of hydrogen-bond acceptors (Lipinski definition) is 5. The highest BCUT2D eigenvalue weighted by atomic mass is 32.2. The highest BCUT2D eigenvalue weighted by Crippen LogP contribution is 2.19. The third-order valence-electron chi connectivity index (χ3n) is 3.19. The number of fused-ring (bicyclic) bond motifs is 1. The van der Waals surface area contributed by atoms with E-state index in [0.717, 1.165) is 25.1 Å². The van der Waals surface area contributed by atoms with E-state index in [-0.39, 0.29) is 4.90 Å². The van der Waals surface area contributed by atoms with Crippen molar-refractivity contribution >= 4 is 21.5 Å². The number of nitrogens with zero attached hydrogens (tertiary/aromatic N) is 2. The van der Waals surface area contributed by atoms with Gasteiger partial charge in [0.25, 0.3) is 10.1 Å². The first kappa shape index (κ1) is 261. The van der Waals surface area contributed by atoms with Gasteiger partial charge in [0.1, 0.15) is 0 Å². The molecular formula is C14H18F78N2O3S2. The Morgan fingerprint density at radius 1 is 0.293 bits per heavy atom. The van der Waals surface area contributed by atoms with E-state index >= 15 is 0 Å². The standard InChI is InChI=1S/C7H10N2S.C7H8O3S.39F2/c1-9-3-2-6-7(4-9)10-5-8-6;1-6-2-4-7(5-3-6)11(8,9)10;39*1-2/h5H,2-4H2,1H3;2-5H,1H3,(H,8,9,10);;;;;;;;;;;;;;;;;;;;;;;;;;;;;;;;;;;;;;;. The smallest absolute Gasteiger partial charge is 0.294 e. The average molecular weight is 1810 g/mol. The number of hydrogen-bond donors (Lipinski definition) is 1. The van der Waals surface area contributed by atoms with Crippen LogP contribution in [0.4, 0.5) is 357 Å². The van der Waals surface area contributed by atoms with Gasteiger partial charge >= 0.3 is 0 Å². The molecular weight excluding hydrogens is 1790 g/mol. The minimum absolute atomic E-state index is 0.0666. The second kappa shape index (κ2) is 1260. The molecule has 0 atom stereocenters. The van der Waals surface area contributed by atoms with Gasteiger partial charge < -0.3 is 4.90 Å². The molecule has 0 amide bonds. The Balaban J connectivity index is -0.0000000110. The summed E-state index contributed by atoms with van der Waals surface area (Å²) in [5, 5.41) is 0. The van der Waals surface area contributed by atoms with Crippen molar-refractivity contribution in [2.24, 2.45) is 0 Å². The number of aryl methyl sites for hydroxylation is 1. The molecule has 2 aromatic rings. The number of thiazole rings is 1. The van der Waals surface area contributed by atoms with E-state index < -0.39 is 10.1 Å². The Morgan fingerprint density at radius 2 is 0.434 bits per heavy atom. The molecule has 1 aromatic carbocycles. The lowest BCUT2D eigenvalue weighted by molar-refractivity contribution is 0.108. The van der Waals surface area contributed by atoms with Crippen LogP contribution < -0.4 is 0 Å². The molecule has 2 heterocycles. The molecule has 0 saturated carbocycles. The summed E-state index contributed by atoms with van der Waals surface area (Å²) in [6, 6.07) is 5.99. The number of likely N-dealkylation sites (N-methyl/N-ethyl adjacent to an activating group) is 1. The summed E-state index contributed by atoms with van der Waals surface area (Å²) in [5.41, 5.74) is 4.23. The first-order valence-electron chi connectivity index (χ1n) is 12.1. The van der Waals surface area contributed by atoms with E-state index in [1.165, 1.54) is 22.7 Å². The van der Waals surface area contributed by atoms with Gasteiger partial charge in [-0.25, -0.2) is 4.98 Å². The lowest BCUT2D eigenvalue weighted by Gasteiger charge is -2.20. The predicted molar refractivity (Wildman–Crippen MR) is 170 cm³/mol. The Morgan fingerprint density at radius 3 is 0.566 bits per heavy atom. The van der Waals surface area contributed by atoms with Crippen LogP contribution in [0.2, 0.25) is 0 Å². The van der Waals surface area contributed by atoms with Gasteiger partial charge in [-0.1, -0.05) is 17.7 Å². The zero-order valence-corrected chi connectivity index (χ0v) is 43.1. The van der Waals surface area contributed by atoms with Crippen molar-refractivity contribution in [1.82, 2.24) is 9.88 Å². The lowest BCUT2D eigenvalue weighted by Crippen LogP contribution is -2.25. The molecule has 99 heavy (non-hydrogen) atoms. The molecule has 0 radical (unpaired) electrons. The van der Waals surface area contributed by atoms with Crippen molar-refractivity contribution in [2.45, 2.75) is 24.8 Å². The van der Waals surface area contributed by atoms with Gasteiger partial charge in [-0.2, -0.15) is 8.42 Å². The summed E-state index contributed by atoms with van der Waals surface area (Å²) in [6.07, 6.45) is 1.13. The molecule has 1 N–H and O–H groups in total. The van der Waals surface area contributed by atoms with Crippen molar-refractivity contribution in [1.29, 1.82) is 0 Å². The summed E-state index contributed by atoms with van der Waals surface area (Å²) < 4.78 is 654. The zero-order valence-electron chi connectivity index (χ0n) is 41.5. The molecule has 660 valence electrons. The van der Waals surface area contributed by atoms with Crippen LogP contribution in [0.3, 0.4) is 0 Å². The second-order valence-corrected chi connectivity index (χ2v) is 7.36. The molecule has 85 heteroatoms. The molecule has 0 saturated heterocycles. The maximum atomic E-state index is 10.5. The summed E-state index contributed by atoms with van der Waals surface area (Å²) in [4.78, 5) is 8.00. The van der Waals surface area contributed by atoms with Crippen LogP contribution in [0.25, 0.3) is 0 Å². The average Bonchev–Trinajstić information content (AvgIpc) is 3.85. The Bertz CT molecular complexity index is 767. The SMILES string of the molecule is CN1CCc2ncsc2C1.Cc1ccc(S(=O)(=O)O)cc1.FF.FF.FF.FF.FF.FF.FF.FF.FF.FF.FF.FF.FF.FF.FF.FF.FF.FF.FF.FF.FF.FF.FF.FF.FF.FF.FF.FF.FF.FF.FF.FF.FF.FF.FF.FF.FF.FF.FF. The number of rotatable bonds is 1. The maximum absolute atomic E-state index is 10.5. The predicted octanol–water partition coefficient (Wildman–Crippen LogP) is 35.1. The molecule has 5 nitrogen and oxygen atoms in total. The highest BCUT2D eigenvalue weighted by Gasteiger charge is 2.14. The minimum Gasteiger partial charge on any atom is -0.301 e. The van der Waals surface area contributed by atoms with Gasteiger partial charge in [-0.05, 0) is 26.1 Å². The van der Waals surface area contributed by atoms with Crippen molar-refractivity contribution in [3.8, 4) is 0 Å². The van der Waals surface area contributed by atoms with Crippen LogP contribution in [0.15, 0.2) is 34.7 Å². The molecule has 1 aliphatic heterocycles. The molecule has 0 fully saturated rings. The Kier molecular flexibility index (Phi) is 3330. The van der Waals surface area contributed by atoms with Gasteiger partial charge in [0, 0.05) is 381 Å². The van der Waals surface area contributed by atoms with Crippen molar-refractivity contribution < 1.29 is 370 Å². The summed E-state index contributed by atoms with van der Waals surface area (Å²) >= 11 is 1.78. The van der Waals surface area contributed by atoms with Crippen molar-refractivity contribution in [2.75, 3.05) is 13.6 Å². The molecule has 1 aliphatic rings. The van der Waals surface area contributed by atoms with Crippen LogP contribution in [0.5, 0.6) is 0 Å². The normalized spacial score (nSPS) is 5.55. The van der Waals surface area contributed by atoms with Crippen LogP contribution in [0, 0.1) is 6.92 Å². The van der Waals surface area contributed by atoms with E-state index in [4.69, 9.17) is 361 Å². The van der Waals surface area contributed by atoms with Crippen LogP contribution in [0.1, 0.15) is 16.1 Å². The van der Waals surface area contributed by atoms with Gasteiger partial charge in [0.2, 0.25) is 0 Å². The first-order chi connectivity index (χ1) is 48.9. The fourth-order valence-corrected chi connectivity index (χ4v) is 3.33. The van der Waals surface area contributed by atoms with Gasteiger partial charge in [-0.15, -0.1) is 11.3 Å². The third kappa shape index (κ3) is 910. The molecule has 1 aromatic heterocycles.